The minimum Gasteiger partial charge on any atom is -0.378 e. The van der Waals surface area contributed by atoms with Gasteiger partial charge >= 0.3 is 0 Å². The van der Waals surface area contributed by atoms with Crippen LogP contribution in [-0.2, 0) is 7.05 Å². The molecule has 1 aromatic carbocycles. The van der Waals surface area contributed by atoms with E-state index in [9.17, 15) is 0 Å². The average molecular weight is 215 g/mol. The molecule has 0 unspecified atom stereocenters. The van der Waals surface area contributed by atoms with Gasteiger partial charge in [0.05, 0.1) is 5.69 Å². The van der Waals surface area contributed by atoms with Crippen LogP contribution in [0.4, 0.5) is 17.2 Å². The monoisotopic (exact) mass is 215 g/mol. The molecule has 83 valence electrons. The van der Waals surface area contributed by atoms with Crippen LogP contribution in [0, 0.1) is 0 Å². The first-order valence-corrected chi connectivity index (χ1v) is 5.14. The topological polar surface area (TPSA) is 35.2 Å². The van der Waals surface area contributed by atoms with E-state index in [2.05, 4.69) is 15.3 Å². The van der Waals surface area contributed by atoms with Crippen molar-refractivity contribution in [1.29, 1.82) is 0 Å². The molecule has 1 radical (unpaired) electrons. The SMILES string of the molecule is CN(C)c1ccc([N]c2ccn(C)n2)cc1. The van der Waals surface area contributed by atoms with Crippen molar-refractivity contribution in [3.63, 3.8) is 0 Å². The summed E-state index contributed by atoms with van der Waals surface area (Å²) >= 11 is 0. The maximum Gasteiger partial charge on any atom is 0.174 e. The van der Waals surface area contributed by atoms with Gasteiger partial charge in [-0.3, -0.25) is 4.68 Å². The fourth-order valence-corrected chi connectivity index (χ4v) is 1.42. The Balaban J connectivity index is 2.11. The average Bonchev–Trinajstić information content (AvgIpc) is 2.65. The number of aryl methyl sites for hydroxylation is 1. The van der Waals surface area contributed by atoms with Crippen LogP contribution in [0.3, 0.4) is 0 Å². The van der Waals surface area contributed by atoms with Crippen molar-refractivity contribution in [2.75, 3.05) is 19.0 Å². The largest absolute Gasteiger partial charge is 0.378 e. The first-order valence-electron chi connectivity index (χ1n) is 5.14. The molecule has 2 aromatic rings. The van der Waals surface area contributed by atoms with Gasteiger partial charge in [0.25, 0.3) is 0 Å². The zero-order valence-electron chi connectivity index (χ0n) is 9.75. The van der Waals surface area contributed by atoms with Crippen molar-refractivity contribution >= 4 is 17.2 Å². The number of aromatic nitrogens is 2. The summed E-state index contributed by atoms with van der Waals surface area (Å²) in [6.45, 7) is 0. The van der Waals surface area contributed by atoms with Crippen molar-refractivity contribution in [1.82, 2.24) is 15.1 Å². The lowest BCUT2D eigenvalue weighted by Gasteiger charge is -2.12. The number of benzene rings is 1. The van der Waals surface area contributed by atoms with Crippen LogP contribution >= 0.6 is 0 Å². The molecule has 1 heterocycles. The molecule has 0 fully saturated rings. The number of hydrogen-bond acceptors (Lipinski definition) is 2. The van der Waals surface area contributed by atoms with Crippen LogP contribution in [0.15, 0.2) is 36.5 Å². The van der Waals surface area contributed by atoms with E-state index in [4.69, 9.17) is 0 Å². The highest BCUT2D eigenvalue weighted by molar-refractivity contribution is 5.53. The number of rotatable bonds is 3. The van der Waals surface area contributed by atoms with E-state index in [0.717, 1.165) is 11.5 Å². The van der Waals surface area contributed by atoms with Crippen molar-refractivity contribution in [3.05, 3.63) is 36.5 Å². The van der Waals surface area contributed by atoms with Gasteiger partial charge in [0.15, 0.2) is 5.82 Å². The van der Waals surface area contributed by atoms with Crippen molar-refractivity contribution in [2.45, 2.75) is 0 Å². The Morgan fingerprint density at radius 2 is 1.81 bits per heavy atom. The zero-order chi connectivity index (χ0) is 11.5. The van der Waals surface area contributed by atoms with E-state index in [-0.39, 0.29) is 0 Å². The molecule has 0 aliphatic heterocycles. The predicted octanol–water partition coefficient (Wildman–Crippen LogP) is 2.05. The highest BCUT2D eigenvalue weighted by Crippen LogP contribution is 2.18. The zero-order valence-corrected chi connectivity index (χ0v) is 9.75. The molecule has 0 N–H and O–H groups in total. The molecule has 0 saturated heterocycles. The Hall–Kier alpha value is -1.97. The molecule has 0 aliphatic carbocycles. The number of hydrogen-bond donors (Lipinski definition) is 0. The van der Waals surface area contributed by atoms with Gasteiger partial charge in [0, 0.05) is 39.1 Å². The molecule has 16 heavy (non-hydrogen) atoms. The second-order valence-corrected chi connectivity index (χ2v) is 3.87. The molecule has 0 amide bonds. The minimum absolute atomic E-state index is 0.736. The van der Waals surface area contributed by atoms with Gasteiger partial charge in [0.2, 0.25) is 0 Å². The van der Waals surface area contributed by atoms with Crippen LogP contribution in [0.1, 0.15) is 0 Å². The predicted molar refractivity (Wildman–Crippen MR) is 65.4 cm³/mol. The van der Waals surface area contributed by atoms with Gasteiger partial charge in [-0.05, 0) is 24.3 Å². The fourth-order valence-electron chi connectivity index (χ4n) is 1.42. The Labute approximate surface area is 95.5 Å². The second kappa shape index (κ2) is 4.26. The van der Waals surface area contributed by atoms with E-state index < -0.39 is 0 Å². The third-order valence-electron chi connectivity index (χ3n) is 2.31. The lowest BCUT2D eigenvalue weighted by Crippen LogP contribution is -2.08. The maximum absolute atomic E-state index is 4.41. The van der Waals surface area contributed by atoms with Crippen LogP contribution in [0.5, 0.6) is 0 Å². The summed E-state index contributed by atoms with van der Waals surface area (Å²) in [5.41, 5.74) is 2.09. The molecule has 4 nitrogen and oxygen atoms in total. The first-order chi connectivity index (χ1) is 7.65. The smallest absolute Gasteiger partial charge is 0.174 e. The number of anilines is 1. The lowest BCUT2D eigenvalue weighted by molar-refractivity contribution is 0.761. The lowest BCUT2D eigenvalue weighted by atomic mass is 10.2. The van der Waals surface area contributed by atoms with Crippen molar-refractivity contribution in [2.24, 2.45) is 7.05 Å². The third kappa shape index (κ3) is 2.34. The maximum atomic E-state index is 4.41. The summed E-state index contributed by atoms with van der Waals surface area (Å²) in [4.78, 5) is 2.06. The van der Waals surface area contributed by atoms with E-state index in [1.54, 1.807) is 4.68 Å². The molecule has 0 spiro atoms. The summed E-state index contributed by atoms with van der Waals surface area (Å²) in [6.07, 6.45) is 1.88. The molecule has 0 saturated carbocycles. The molecule has 0 aliphatic rings. The molecular formula is C12H15N4. The summed E-state index contributed by atoms with van der Waals surface area (Å²) in [7, 11) is 5.92. The minimum atomic E-state index is 0.736. The van der Waals surface area contributed by atoms with Gasteiger partial charge in [-0.15, -0.1) is 0 Å². The fraction of sp³-hybridized carbons (Fsp3) is 0.250. The third-order valence-corrected chi connectivity index (χ3v) is 2.31. The molecule has 0 bridgehead atoms. The Morgan fingerprint density at radius 1 is 1.12 bits per heavy atom. The van der Waals surface area contributed by atoms with Gasteiger partial charge in [-0.1, -0.05) is 0 Å². The highest BCUT2D eigenvalue weighted by Gasteiger charge is 2.00. The molecular weight excluding hydrogens is 200 g/mol. The highest BCUT2D eigenvalue weighted by atomic mass is 15.3. The molecule has 4 heteroatoms. The summed E-state index contributed by atoms with van der Waals surface area (Å²) in [5, 5.41) is 8.62. The quantitative estimate of drug-likeness (QED) is 0.785. The van der Waals surface area contributed by atoms with Crippen LogP contribution in [0.2, 0.25) is 0 Å². The van der Waals surface area contributed by atoms with Crippen LogP contribution in [0.25, 0.3) is 0 Å². The van der Waals surface area contributed by atoms with Gasteiger partial charge in [-0.25, -0.2) is 5.32 Å². The van der Waals surface area contributed by atoms with E-state index in [0.29, 0.717) is 0 Å². The second-order valence-electron chi connectivity index (χ2n) is 3.87. The van der Waals surface area contributed by atoms with E-state index in [1.165, 1.54) is 5.69 Å². The molecule has 0 atom stereocenters. The van der Waals surface area contributed by atoms with Crippen molar-refractivity contribution in [3.8, 4) is 0 Å². The van der Waals surface area contributed by atoms with Crippen LogP contribution < -0.4 is 10.2 Å². The molecule has 2 rings (SSSR count). The van der Waals surface area contributed by atoms with Gasteiger partial charge < -0.3 is 4.90 Å². The summed E-state index contributed by atoms with van der Waals surface area (Å²) < 4.78 is 1.74. The number of nitrogens with zero attached hydrogens (tertiary/aromatic N) is 4. The van der Waals surface area contributed by atoms with Gasteiger partial charge in [0.1, 0.15) is 0 Å². The van der Waals surface area contributed by atoms with Crippen LogP contribution in [-0.4, -0.2) is 23.9 Å². The standard InChI is InChI=1S/C12H15N4/c1-15(2)11-6-4-10(5-7-11)13-12-8-9-16(3)14-12/h4-9H,1-3H3. The molecule has 1 aromatic heterocycles. The Kier molecular flexibility index (Phi) is 2.81. The van der Waals surface area contributed by atoms with E-state index in [1.807, 2.05) is 57.7 Å². The van der Waals surface area contributed by atoms with Gasteiger partial charge in [-0.2, -0.15) is 5.10 Å². The Bertz CT molecular complexity index is 456. The summed E-state index contributed by atoms with van der Waals surface area (Å²) in [5.74, 6) is 0.736. The first kappa shape index (κ1) is 10.5. The van der Waals surface area contributed by atoms with Crippen molar-refractivity contribution < 1.29 is 0 Å². The summed E-state index contributed by atoms with van der Waals surface area (Å²) in [6, 6.07) is 9.96. The Morgan fingerprint density at radius 3 is 2.31 bits per heavy atom. The van der Waals surface area contributed by atoms with E-state index >= 15 is 0 Å². The normalized spacial score (nSPS) is 10.2.